The van der Waals surface area contributed by atoms with Gasteiger partial charge in [0, 0.05) is 6.54 Å². The van der Waals surface area contributed by atoms with Crippen LogP contribution in [0.1, 0.15) is 20.8 Å². The van der Waals surface area contributed by atoms with E-state index in [4.69, 9.17) is 5.21 Å². The number of hydrogen-bond acceptors (Lipinski definition) is 3. The minimum absolute atomic E-state index is 0.433. The normalized spacial score (nSPS) is 7.27. The molecule has 0 bridgehead atoms. The van der Waals surface area contributed by atoms with Crippen LogP contribution in [0.4, 0.5) is 0 Å². The number of nitrogens with one attached hydrogen (secondary N) is 2. The van der Waals surface area contributed by atoms with Gasteiger partial charge in [-0.15, -0.1) is 6.58 Å². The van der Waals surface area contributed by atoms with Gasteiger partial charge in [-0.05, 0) is 20.8 Å². The maximum absolute atomic E-state index is 8.05. The number of hydrogen-bond donors (Lipinski definition) is 3. The van der Waals surface area contributed by atoms with E-state index < -0.39 is 0 Å². The Morgan fingerprint density at radius 3 is 1.82 bits per heavy atom. The topological polar surface area (TPSA) is 44.3 Å². The molecule has 0 fully saturated rings. The first-order valence-electron chi connectivity index (χ1n) is 3.49. The lowest BCUT2D eigenvalue weighted by Crippen LogP contribution is -2.21. The quantitative estimate of drug-likeness (QED) is 0.432. The van der Waals surface area contributed by atoms with Crippen LogP contribution in [0.5, 0.6) is 0 Å². The van der Waals surface area contributed by atoms with Crippen LogP contribution < -0.4 is 10.8 Å². The van der Waals surface area contributed by atoms with Gasteiger partial charge in [-0.2, -0.15) is 0 Å². The lowest BCUT2D eigenvalue weighted by Gasteiger charge is -2.01. The molecular formula is C8H18N2O. The van der Waals surface area contributed by atoms with Gasteiger partial charge in [-0.25, -0.2) is 0 Å². The molecule has 0 heterocycles. The molecule has 66 valence electrons. The largest absolute Gasteiger partial charge is 0.371 e. The zero-order valence-corrected chi connectivity index (χ0v) is 7.57. The standard InChI is InChI=1S/C4H10N2O.C4H8/c1-3-5-4(2)6-7;1-4(2)3/h5-7H,2-3H2,1H3;1H2,2-3H3. The molecule has 0 aromatic carbocycles. The molecule has 0 saturated carbocycles. The van der Waals surface area contributed by atoms with E-state index in [9.17, 15) is 0 Å². The van der Waals surface area contributed by atoms with Crippen molar-refractivity contribution in [3.05, 3.63) is 24.6 Å². The Hall–Kier alpha value is -0.960. The summed E-state index contributed by atoms with van der Waals surface area (Å²) in [6.07, 6.45) is 0. The predicted molar refractivity (Wildman–Crippen MR) is 48.2 cm³/mol. The molecular weight excluding hydrogens is 140 g/mol. The van der Waals surface area contributed by atoms with Crippen molar-refractivity contribution in [3.8, 4) is 0 Å². The van der Waals surface area contributed by atoms with Gasteiger partial charge >= 0.3 is 0 Å². The molecule has 0 radical (unpaired) electrons. The molecule has 0 amide bonds. The Labute approximate surface area is 68.8 Å². The number of rotatable bonds is 3. The Bertz CT molecular complexity index is 117. The fraction of sp³-hybridized carbons (Fsp3) is 0.500. The van der Waals surface area contributed by atoms with E-state index in [2.05, 4.69) is 18.5 Å². The van der Waals surface area contributed by atoms with Crippen LogP contribution in [-0.2, 0) is 0 Å². The van der Waals surface area contributed by atoms with Crippen LogP contribution in [0.15, 0.2) is 24.6 Å². The van der Waals surface area contributed by atoms with Crippen LogP contribution in [0, 0.1) is 0 Å². The van der Waals surface area contributed by atoms with Crippen LogP contribution in [0.3, 0.4) is 0 Å². The molecule has 11 heavy (non-hydrogen) atoms. The summed E-state index contributed by atoms with van der Waals surface area (Å²) in [5.74, 6) is 0.433. The van der Waals surface area contributed by atoms with Crippen LogP contribution in [0.2, 0.25) is 0 Å². The van der Waals surface area contributed by atoms with Gasteiger partial charge in [-0.3, -0.25) is 10.7 Å². The summed E-state index contributed by atoms with van der Waals surface area (Å²) in [6.45, 7) is 13.6. The predicted octanol–water partition coefficient (Wildman–Crippen LogP) is 1.63. The summed E-state index contributed by atoms with van der Waals surface area (Å²) in [4.78, 5) is 0. The van der Waals surface area contributed by atoms with Crippen LogP contribution in [0.25, 0.3) is 0 Å². The molecule has 0 atom stereocenters. The molecule has 3 N–H and O–H groups in total. The van der Waals surface area contributed by atoms with Crippen molar-refractivity contribution in [3.63, 3.8) is 0 Å². The van der Waals surface area contributed by atoms with Crippen LogP contribution in [-0.4, -0.2) is 11.8 Å². The Morgan fingerprint density at radius 1 is 1.36 bits per heavy atom. The molecule has 0 saturated heterocycles. The molecule has 0 unspecified atom stereocenters. The highest BCUT2D eigenvalue weighted by molar-refractivity contribution is 4.81. The molecule has 0 aromatic rings. The minimum Gasteiger partial charge on any atom is -0.371 e. The van der Waals surface area contributed by atoms with Gasteiger partial charge in [0.25, 0.3) is 0 Å². The summed E-state index contributed by atoms with van der Waals surface area (Å²) >= 11 is 0. The van der Waals surface area contributed by atoms with Crippen molar-refractivity contribution in [1.82, 2.24) is 10.8 Å². The van der Waals surface area contributed by atoms with Crippen molar-refractivity contribution in [1.29, 1.82) is 0 Å². The molecule has 0 aromatic heterocycles. The Morgan fingerprint density at radius 2 is 1.73 bits per heavy atom. The molecule has 0 aliphatic carbocycles. The van der Waals surface area contributed by atoms with Gasteiger partial charge in [-0.1, -0.05) is 12.2 Å². The molecule has 0 spiro atoms. The lowest BCUT2D eigenvalue weighted by atomic mass is 10.4. The molecule has 3 nitrogen and oxygen atoms in total. The number of hydroxylamine groups is 1. The molecule has 3 heteroatoms. The van der Waals surface area contributed by atoms with Gasteiger partial charge in [0.1, 0.15) is 5.82 Å². The average molecular weight is 158 g/mol. The SMILES string of the molecule is C=C(C)C.C=C(NO)NCC. The molecule has 0 rings (SSSR count). The lowest BCUT2D eigenvalue weighted by molar-refractivity contribution is 0.192. The summed E-state index contributed by atoms with van der Waals surface area (Å²) in [5, 5.41) is 10.8. The highest BCUT2D eigenvalue weighted by Crippen LogP contribution is 1.73. The summed E-state index contributed by atoms with van der Waals surface area (Å²) in [5.41, 5.74) is 3.03. The first-order valence-corrected chi connectivity index (χ1v) is 3.49. The van der Waals surface area contributed by atoms with Gasteiger partial charge in [0.15, 0.2) is 0 Å². The van der Waals surface area contributed by atoms with E-state index in [1.807, 2.05) is 26.3 Å². The highest BCUT2D eigenvalue weighted by atomic mass is 16.5. The Balaban J connectivity index is 0. The van der Waals surface area contributed by atoms with Crippen LogP contribution >= 0.6 is 0 Å². The fourth-order valence-electron chi connectivity index (χ4n) is 0.253. The highest BCUT2D eigenvalue weighted by Gasteiger charge is 1.78. The summed E-state index contributed by atoms with van der Waals surface area (Å²) in [6, 6.07) is 0. The van der Waals surface area contributed by atoms with E-state index in [0.717, 1.165) is 6.54 Å². The van der Waals surface area contributed by atoms with Gasteiger partial charge in [0.2, 0.25) is 0 Å². The zero-order valence-electron chi connectivity index (χ0n) is 7.57. The zero-order chi connectivity index (χ0) is 9.28. The number of allylic oxidation sites excluding steroid dienone is 1. The van der Waals surface area contributed by atoms with E-state index in [1.165, 1.54) is 5.57 Å². The second kappa shape index (κ2) is 9.04. The van der Waals surface area contributed by atoms with Crippen molar-refractivity contribution in [2.75, 3.05) is 6.54 Å². The summed E-state index contributed by atoms with van der Waals surface area (Å²) in [7, 11) is 0. The minimum atomic E-state index is 0.433. The maximum Gasteiger partial charge on any atom is 0.115 e. The monoisotopic (exact) mass is 158 g/mol. The van der Waals surface area contributed by atoms with Gasteiger partial charge in [0.05, 0.1) is 0 Å². The third-order valence-electron chi connectivity index (χ3n) is 0.525. The fourth-order valence-corrected chi connectivity index (χ4v) is 0.253. The smallest absolute Gasteiger partial charge is 0.115 e. The van der Waals surface area contributed by atoms with Gasteiger partial charge < -0.3 is 5.32 Å². The second-order valence-electron chi connectivity index (χ2n) is 2.33. The molecule has 0 aliphatic heterocycles. The summed E-state index contributed by atoms with van der Waals surface area (Å²) < 4.78 is 0. The maximum atomic E-state index is 8.05. The third kappa shape index (κ3) is 27.5. The third-order valence-corrected chi connectivity index (χ3v) is 0.525. The van der Waals surface area contributed by atoms with Crippen molar-refractivity contribution in [2.45, 2.75) is 20.8 Å². The van der Waals surface area contributed by atoms with E-state index >= 15 is 0 Å². The van der Waals surface area contributed by atoms with Crippen molar-refractivity contribution >= 4 is 0 Å². The van der Waals surface area contributed by atoms with Crippen molar-refractivity contribution < 1.29 is 5.21 Å². The average Bonchev–Trinajstić information content (AvgIpc) is 1.87. The Kier molecular flexibility index (Phi) is 10.4. The first kappa shape index (κ1) is 12.7. The van der Waals surface area contributed by atoms with E-state index in [-0.39, 0.29) is 0 Å². The van der Waals surface area contributed by atoms with E-state index in [0.29, 0.717) is 5.82 Å². The van der Waals surface area contributed by atoms with E-state index in [1.54, 1.807) is 0 Å². The molecule has 0 aliphatic rings. The first-order chi connectivity index (χ1) is 5.04. The second-order valence-corrected chi connectivity index (χ2v) is 2.33. The van der Waals surface area contributed by atoms with Crippen molar-refractivity contribution in [2.24, 2.45) is 0 Å².